The molecule has 0 saturated carbocycles. The van der Waals surface area contributed by atoms with E-state index in [9.17, 15) is 14.4 Å². The van der Waals surface area contributed by atoms with Crippen LogP contribution in [0.25, 0.3) is 10.9 Å². The number of carbonyl (C=O) groups is 3. The zero-order valence-electron chi connectivity index (χ0n) is 13.6. The zero-order valence-corrected chi connectivity index (χ0v) is 13.6. The maximum Gasteiger partial charge on any atom is 0.316 e. The number of hydrogen-bond acceptors (Lipinski definition) is 4. The van der Waals surface area contributed by atoms with Gasteiger partial charge in [0.15, 0.2) is 5.78 Å². The highest BCUT2D eigenvalue weighted by molar-refractivity contribution is 6.04. The summed E-state index contributed by atoms with van der Waals surface area (Å²) in [6.45, 7) is 6.61. The molecule has 5 nitrogen and oxygen atoms in total. The molecule has 0 bridgehead atoms. The summed E-state index contributed by atoms with van der Waals surface area (Å²) in [7, 11) is 0. The molecule has 2 atom stereocenters. The smallest absolute Gasteiger partial charge is 0.316 e. The first-order valence-electron chi connectivity index (χ1n) is 7.61. The number of ether oxygens (including phenoxy) is 1. The van der Waals surface area contributed by atoms with E-state index in [1.54, 1.807) is 27.0 Å². The summed E-state index contributed by atoms with van der Waals surface area (Å²) >= 11 is 0. The molecule has 1 saturated heterocycles. The largest absolute Gasteiger partial charge is 0.456 e. The van der Waals surface area contributed by atoms with Gasteiger partial charge in [0.2, 0.25) is 5.91 Å². The van der Waals surface area contributed by atoms with Gasteiger partial charge in [-0.15, -0.1) is 0 Å². The van der Waals surface area contributed by atoms with Gasteiger partial charge in [0.1, 0.15) is 12.0 Å². The summed E-state index contributed by atoms with van der Waals surface area (Å²) in [5.41, 5.74) is 0.585. The third-order valence-electron chi connectivity index (χ3n) is 4.64. The van der Waals surface area contributed by atoms with Crippen molar-refractivity contribution in [3.8, 4) is 0 Å². The van der Waals surface area contributed by atoms with Gasteiger partial charge in [0, 0.05) is 24.1 Å². The zero-order chi connectivity index (χ0) is 16.9. The molecule has 0 N–H and O–H groups in total. The van der Waals surface area contributed by atoms with Crippen molar-refractivity contribution in [3.63, 3.8) is 0 Å². The van der Waals surface area contributed by atoms with E-state index in [0.29, 0.717) is 5.56 Å². The number of hydrogen-bond donors (Lipinski definition) is 0. The summed E-state index contributed by atoms with van der Waals surface area (Å²) in [5, 5.41) is 0.816. The molecular weight excluding hydrogens is 294 g/mol. The van der Waals surface area contributed by atoms with E-state index in [4.69, 9.17) is 4.74 Å². The Morgan fingerprint density at radius 3 is 2.52 bits per heavy atom. The maximum atomic E-state index is 12.5. The van der Waals surface area contributed by atoms with Crippen LogP contribution in [0.2, 0.25) is 0 Å². The lowest BCUT2D eigenvalue weighted by Crippen LogP contribution is -2.46. The number of ketones is 1. The van der Waals surface area contributed by atoms with Crippen molar-refractivity contribution in [3.05, 3.63) is 36.0 Å². The second-order valence-electron chi connectivity index (χ2n) is 6.62. The SMILES string of the molecule is CC(=O)n1cc([C@H]2OC(=O)[C@@H](C)C(=O)C2(C)C)c2ccccc21. The van der Waals surface area contributed by atoms with E-state index in [1.807, 2.05) is 24.3 Å². The molecule has 0 amide bonds. The van der Waals surface area contributed by atoms with Gasteiger partial charge in [-0.25, -0.2) is 0 Å². The normalized spacial score (nSPS) is 23.8. The third-order valence-corrected chi connectivity index (χ3v) is 4.64. The topological polar surface area (TPSA) is 65.4 Å². The molecule has 0 aliphatic carbocycles. The maximum absolute atomic E-state index is 12.5. The number of benzene rings is 1. The van der Waals surface area contributed by atoms with Crippen LogP contribution < -0.4 is 0 Å². The number of cyclic esters (lactones) is 1. The number of para-hydroxylation sites is 1. The predicted octanol–water partition coefficient (Wildman–Crippen LogP) is 3.13. The standard InChI is InChI=1S/C18H19NO4/c1-10-15(21)18(3,4)16(23-17(10)22)13-9-19(11(2)20)14-8-6-5-7-12(13)14/h5-10,16H,1-4H3/t10-,16+/m0/s1. The average Bonchev–Trinajstić information content (AvgIpc) is 2.89. The third kappa shape index (κ3) is 2.19. The second kappa shape index (κ2) is 5.05. The molecule has 3 rings (SSSR count). The Bertz CT molecular complexity index is 831. The molecule has 1 fully saturated rings. The van der Waals surface area contributed by atoms with Gasteiger partial charge in [-0.05, 0) is 26.8 Å². The monoisotopic (exact) mass is 313 g/mol. The van der Waals surface area contributed by atoms with E-state index in [-0.39, 0.29) is 11.7 Å². The van der Waals surface area contributed by atoms with Crippen LogP contribution in [0.4, 0.5) is 0 Å². The molecule has 120 valence electrons. The molecule has 5 heteroatoms. The first-order valence-corrected chi connectivity index (χ1v) is 7.61. The van der Waals surface area contributed by atoms with Crippen LogP contribution in [0.3, 0.4) is 0 Å². The van der Waals surface area contributed by atoms with Crippen LogP contribution in [0, 0.1) is 11.3 Å². The van der Waals surface area contributed by atoms with Crippen molar-refractivity contribution in [1.29, 1.82) is 0 Å². The summed E-state index contributed by atoms with van der Waals surface area (Å²) in [4.78, 5) is 36.5. The van der Waals surface area contributed by atoms with E-state index < -0.39 is 23.4 Å². The summed E-state index contributed by atoms with van der Waals surface area (Å²) in [6, 6.07) is 7.41. The molecule has 23 heavy (non-hydrogen) atoms. The van der Waals surface area contributed by atoms with Crippen LogP contribution in [0.15, 0.2) is 30.5 Å². The average molecular weight is 313 g/mol. The number of Topliss-reactive ketones (excluding diaryl/α,β-unsaturated/α-hetero) is 1. The van der Waals surface area contributed by atoms with E-state index >= 15 is 0 Å². The highest BCUT2D eigenvalue weighted by Gasteiger charge is 2.50. The van der Waals surface area contributed by atoms with Crippen molar-refractivity contribution < 1.29 is 19.1 Å². The van der Waals surface area contributed by atoms with Crippen LogP contribution in [0.5, 0.6) is 0 Å². The molecule has 0 spiro atoms. The molecule has 0 unspecified atom stereocenters. The van der Waals surface area contributed by atoms with Crippen molar-refractivity contribution in [2.45, 2.75) is 33.8 Å². The Kier molecular flexibility index (Phi) is 3.39. The Balaban J connectivity index is 2.22. The number of nitrogens with zero attached hydrogens (tertiary/aromatic N) is 1. The summed E-state index contributed by atoms with van der Waals surface area (Å²) < 4.78 is 7.11. The van der Waals surface area contributed by atoms with Gasteiger partial charge in [0.05, 0.1) is 10.9 Å². The lowest BCUT2D eigenvalue weighted by molar-refractivity contribution is -0.177. The fraction of sp³-hybridized carbons (Fsp3) is 0.389. The summed E-state index contributed by atoms with van der Waals surface area (Å²) in [6.07, 6.45) is 0.972. The quantitative estimate of drug-likeness (QED) is 0.599. The Morgan fingerprint density at radius 2 is 1.87 bits per heavy atom. The Morgan fingerprint density at radius 1 is 1.22 bits per heavy atom. The highest BCUT2D eigenvalue weighted by Crippen LogP contribution is 2.45. The van der Waals surface area contributed by atoms with Gasteiger partial charge >= 0.3 is 5.97 Å². The lowest BCUT2D eigenvalue weighted by Gasteiger charge is -2.38. The van der Waals surface area contributed by atoms with Crippen LogP contribution in [0.1, 0.15) is 44.2 Å². The molecule has 1 aromatic heterocycles. The minimum atomic E-state index is -0.848. The van der Waals surface area contributed by atoms with Gasteiger partial charge < -0.3 is 4.74 Å². The molecule has 2 heterocycles. The molecule has 1 aliphatic rings. The van der Waals surface area contributed by atoms with Crippen LogP contribution in [-0.2, 0) is 14.3 Å². The lowest BCUT2D eigenvalue weighted by atomic mass is 9.73. The Hall–Kier alpha value is -2.43. The van der Waals surface area contributed by atoms with Crippen molar-refractivity contribution in [1.82, 2.24) is 4.57 Å². The molecule has 0 radical (unpaired) electrons. The first-order chi connectivity index (χ1) is 10.7. The van der Waals surface area contributed by atoms with E-state index in [0.717, 1.165) is 10.9 Å². The molecule has 2 aromatic rings. The molecule has 1 aliphatic heterocycles. The number of carbonyl (C=O) groups excluding carboxylic acids is 3. The number of rotatable bonds is 1. The predicted molar refractivity (Wildman–Crippen MR) is 85.0 cm³/mol. The van der Waals surface area contributed by atoms with Crippen molar-refractivity contribution >= 4 is 28.6 Å². The fourth-order valence-electron chi connectivity index (χ4n) is 3.29. The number of esters is 1. The van der Waals surface area contributed by atoms with Gasteiger partial charge in [-0.3, -0.25) is 19.0 Å². The number of fused-ring (bicyclic) bond motifs is 1. The molecular formula is C18H19NO4. The minimum Gasteiger partial charge on any atom is -0.456 e. The minimum absolute atomic E-state index is 0.132. The van der Waals surface area contributed by atoms with Gasteiger partial charge in [-0.1, -0.05) is 18.2 Å². The summed E-state index contributed by atoms with van der Waals surface area (Å²) in [5.74, 6) is -1.55. The Labute approximate surface area is 134 Å². The second-order valence-corrected chi connectivity index (χ2v) is 6.62. The fourth-order valence-corrected chi connectivity index (χ4v) is 3.29. The van der Waals surface area contributed by atoms with Gasteiger partial charge in [0.25, 0.3) is 0 Å². The van der Waals surface area contributed by atoms with E-state index in [2.05, 4.69) is 0 Å². The van der Waals surface area contributed by atoms with Crippen molar-refractivity contribution in [2.24, 2.45) is 11.3 Å². The van der Waals surface area contributed by atoms with Crippen molar-refractivity contribution in [2.75, 3.05) is 0 Å². The molecule has 1 aromatic carbocycles. The number of aromatic nitrogens is 1. The van der Waals surface area contributed by atoms with Gasteiger partial charge in [-0.2, -0.15) is 0 Å². The first kappa shape index (κ1) is 15.5. The van der Waals surface area contributed by atoms with Crippen LogP contribution >= 0.6 is 0 Å². The highest BCUT2D eigenvalue weighted by atomic mass is 16.5. The van der Waals surface area contributed by atoms with E-state index in [1.165, 1.54) is 11.5 Å². The van der Waals surface area contributed by atoms with Crippen LogP contribution in [-0.4, -0.2) is 22.2 Å².